The van der Waals surface area contributed by atoms with Crippen molar-refractivity contribution in [2.24, 2.45) is 0 Å². The molecular weight excluding hydrogens is 638 g/mol. The molecule has 0 bridgehead atoms. The topological polar surface area (TPSA) is 154 Å². The molecule has 2 aromatic carbocycles. The highest BCUT2D eigenvalue weighted by molar-refractivity contribution is 7.90. The molecule has 1 saturated heterocycles. The number of rotatable bonds is 8. The van der Waals surface area contributed by atoms with Gasteiger partial charge in [-0.2, -0.15) is 13.2 Å². The number of nitrogens with one attached hydrogen (secondary N) is 3. The summed E-state index contributed by atoms with van der Waals surface area (Å²) in [6.45, 7) is -0.748. The van der Waals surface area contributed by atoms with Crippen LogP contribution in [0.4, 0.5) is 32.8 Å². The molecule has 0 radical (unpaired) electrons. The number of benzene rings is 2. The van der Waals surface area contributed by atoms with E-state index in [4.69, 9.17) is 4.74 Å². The molecule has 2 aromatic rings. The molecule has 0 unspecified atom stereocenters. The van der Waals surface area contributed by atoms with Crippen molar-refractivity contribution in [2.45, 2.75) is 68.3 Å². The second-order valence-corrected chi connectivity index (χ2v) is 13.1. The summed E-state index contributed by atoms with van der Waals surface area (Å²) in [4.78, 5) is 54.3. The lowest BCUT2D eigenvalue weighted by Crippen LogP contribution is -2.50. The Balaban J connectivity index is 1.32. The number of fused-ring (bicyclic) bond motifs is 2. The van der Waals surface area contributed by atoms with E-state index in [1.165, 1.54) is 36.2 Å². The number of aryl methyl sites for hydroxylation is 1. The Morgan fingerprint density at radius 3 is 2.37 bits per heavy atom. The zero-order valence-corrected chi connectivity index (χ0v) is 25.3. The van der Waals surface area contributed by atoms with Crippen molar-refractivity contribution in [2.75, 3.05) is 18.9 Å². The van der Waals surface area contributed by atoms with Gasteiger partial charge in [-0.1, -0.05) is 18.2 Å². The van der Waals surface area contributed by atoms with Gasteiger partial charge in [0.1, 0.15) is 12.4 Å². The Hall–Kier alpha value is -4.25. The van der Waals surface area contributed by atoms with Crippen molar-refractivity contribution in [3.05, 3.63) is 65.0 Å². The van der Waals surface area contributed by atoms with Crippen molar-refractivity contribution >= 4 is 39.6 Å². The number of carbonyl (C=O) groups is 4. The lowest BCUT2D eigenvalue weighted by molar-refractivity contribution is -0.143. The number of urea groups is 1. The van der Waals surface area contributed by atoms with Gasteiger partial charge < -0.3 is 20.3 Å². The lowest BCUT2D eigenvalue weighted by atomic mass is 9.90. The molecule has 46 heavy (non-hydrogen) atoms. The molecule has 5 rings (SSSR count). The monoisotopic (exact) mass is 669 g/mol. The zero-order chi connectivity index (χ0) is 33.4. The lowest BCUT2D eigenvalue weighted by Gasteiger charge is -2.37. The van der Waals surface area contributed by atoms with Crippen molar-refractivity contribution in [1.82, 2.24) is 19.8 Å². The van der Waals surface area contributed by atoms with Crippen LogP contribution in [0.15, 0.2) is 42.5 Å². The molecule has 2 aliphatic carbocycles. The van der Waals surface area contributed by atoms with Gasteiger partial charge in [-0.3, -0.25) is 9.59 Å². The first-order valence-electron chi connectivity index (χ1n) is 14.4. The molecule has 17 heteroatoms. The average molecular weight is 670 g/mol. The van der Waals surface area contributed by atoms with Crippen LogP contribution in [-0.2, 0) is 42.9 Å². The van der Waals surface area contributed by atoms with Gasteiger partial charge in [0.2, 0.25) is 11.5 Å². The summed E-state index contributed by atoms with van der Waals surface area (Å²) >= 11 is 0. The summed E-state index contributed by atoms with van der Waals surface area (Å²) in [6, 6.07) is 8.07. The molecule has 3 aliphatic rings. The summed E-state index contributed by atoms with van der Waals surface area (Å²) in [5.74, 6) is -1.90. The standard InChI is InChI=1S/C29H31F4N5O7S/c1-34-26(41)35-21-8-11-23-18(14-21)12-13-28(23)25(40)38(27(42)45-28)16-24(39)37(15-17-2-4-19(30)5-3-17)22-9-6-20(7-10-22)36-46(43,44)29(31,32)33/h2-5,8,11,14,20,22,36H,6-7,9-10,12-13,15-16H2,1H3,(H2,34,35,41)/t20?,22?,28-/m1/s1. The third-order valence-electron chi connectivity index (χ3n) is 8.49. The van der Waals surface area contributed by atoms with Gasteiger partial charge in [-0.25, -0.2) is 32.0 Å². The van der Waals surface area contributed by atoms with Gasteiger partial charge in [0, 0.05) is 43.3 Å². The third kappa shape index (κ3) is 6.51. The molecule has 1 heterocycles. The maximum atomic E-state index is 13.8. The number of amides is 5. The smallest absolute Gasteiger partial charge is 0.427 e. The summed E-state index contributed by atoms with van der Waals surface area (Å²) in [7, 11) is -4.10. The number of hydrogen-bond donors (Lipinski definition) is 3. The van der Waals surface area contributed by atoms with Crippen LogP contribution in [-0.4, -0.2) is 73.3 Å². The fraction of sp³-hybridized carbons (Fsp3) is 0.448. The van der Waals surface area contributed by atoms with Crippen molar-refractivity contribution in [1.29, 1.82) is 0 Å². The van der Waals surface area contributed by atoms with E-state index >= 15 is 0 Å². The summed E-state index contributed by atoms with van der Waals surface area (Å²) in [5.41, 5.74) is -5.00. The minimum atomic E-state index is -5.56. The SMILES string of the molecule is CNC(=O)Nc1ccc2c(c1)CC[C@@]21OC(=O)N(CC(=O)N(Cc2ccc(F)cc2)C2CCC(NS(=O)(=O)C(F)(F)F)CC2)C1=O. The van der Waals surface area contributed by atoms with Crippen LogP contribution >= 0.6 is 0 Å². The Morgan fingerprint density at radius 1 is 1.07 bits per heavy atom. The van der Waals surface area contributed by atoms with E-state index in [2.05, 4.69) is 10.6 Å². The first-order chi connectivity index (χ1) is 21.6. The quantitative estimate of drug-likeness (QED) is 0.364. The van der Waals surface area contributed by atoms with Crippen LogP contribution in [0.25, 0.3) is 0 Å². The first kappa shape index (κ1) is 33.1. The number of alkyl halides is 3. The number of ether oxygens (including phenoxy) is 1. The van der Waals surface area contributed by atoms with Crippen molar-refractivity contribution < 1.29 is 49.9 Å². The second-order valence-electron chi connectivity index (χ2n) is 11.4. The number of carbonyl (C=O) groups excluding carboxylic acids is 4. The van der Waals surface area contributed by atoms with Crippen molar-refractivity contribution in [3.63, 3.8) is 0 Å². The number of imide groups is 1. The zero-order valence-electron chi connectivity index (χ0n) is 24.5. The molecular formula is C29H31F4N5O7S. The molecule has 0 aromatic heterocycles. The summed E-state index contributed by atoms with van der Waals surface area (Å²) < 4.78 is 82.7. The van der Waals surface area contributed by atoms with Gasteiger partial charge in [-0.15, -0.1) is 0 Å². The minimum Gasteiger partial charge on any atom is -0.427 e. The highest BCUT2D eigenvalue weighted by Crippen LogP contribution is 2.46. The number of halogens is 4. The normalized spacial score (nSPS) is 22.8. The van der Waals surface area contributed by atoms with Crippen LogP contribution in [0.3, 0.4) is 0 Å². The Kier molecular flexibility index (Phi) is 9.01. The van der Waals surface area contributed by atoms with Crippen LogP contribution in [0, 0.1) is 5.82 Å². The van der Waals surface area contributed by atoms with E-state index in [1.54, 1.807) is 22.9 Å². The highest BCUT2D eigenvalue weighted by atomic mass is 32.2. The Labute approximate surface area is 261 Å². The molecule has 2 fully saturated rings. The summed E-state index contributed by atoms with van der Waals surface area (Å²) in [6.07, 6.45) is -0.301. The van der Waals surface area contributed by atoms with Gasteiger partial charge in [0.05, 0.1) is 0 Å². The Bertz CT molecular complexity index is 1650. The van der Waals surface area contributed by atoms with E-state index in [0.29, 0.717) is 28.8 Å². The fourth-order valence-corrected chi connectivity index (χ4v) is 6.96. The van der Waals surface area contributed by atoms with Crippen LogP contribution in [0.5, 0.6) is 0 Å². The van der Waals surface area contributed by atoms with Crippen LogP contribution in [0.1, 0.15) is 48.8 Å². The average Bonchev–Trinajstić information content (AvgIpc) is 3.48. The maximum absolute atomic E-state index is 13.8. The number of anilines is 1. The molecule has 12 nitrogen and oxygen atoms in total. The fourth-order valence-electron chi connectivity index (χ4n) is 6.15. The van der Waals surface area contributed by atoms with Gasteiger partial charge >= 0.3 is 27.7 Å². The van der Waals surface area contributed by atoms with Gasteiger partial charge in [0.15, 0.2) is 0 Å². The van der Waals surface area contributed by atoms with Gasteiger partial charge in [-0.05, 0) is 67.5 Å². The molecule has 3 N–H and O–H groups in total. The van der Waals surface area contributed by atoms with Crippen molar-refractivity contribution in [3.8, 4) is 0 Å². The maximum Gasteiger partial charge on any atom is 0.511 e. The predicted molar refractivity (Wildman–Crippen MR) is 154 cm³/mol. The number of hydrogen-bond acceptors (Lipinski definition) is 7. The third-order valence-corrected chi connectivity index (χ3v) is 9.74. The highest BCUT2D eigenvalue weighted by Gasteiger charge is 2.58. The van der Waals surface area contributed by atoms with Crippen LogP contribution < -0.4 is 15.4 Å². The number of sulfonamides is 1. The van der Waals surface area contributed by atoms with Crippen LogP contribution in [0.2, 0.25) is 0 Å². The molecule has 5 amide bonds. The molecule has 1 spiro atoms. The largest absolute Gasteiger partial charge is 0.511 e. The van der Waals surface area contributed by atoms with E-state index in [1.807, 2.05) is 0 Å². The molecule has 1 aliphatic heterocycles. The van der Waals surface area contributed by atoms with Gasteiger partial charge in [0.25, 0.3) is 5.91 Å². The van der Waals surface area contributed by atoms with E-state index in [9.17, 15) is 45.2 Å². The van der Waals surface area contributed by atoms with E-state index in [0.717, 1.165) is 4.90 Å². The van der Waals surface area contributed by atoms with E-state index in [-0.39, 0.29) is 38.6 Å². The first-order valence-corrected chi connectivity index (χ1v) is 15.9. The minimum absolute atomic E-state index is 0.00544. The molecule has 248 valence electrons. The Morgan fingerprint density at radius 2 is 1.74 bits per heavy atom. The van der Waals surface area contributed by atoms with E-state index < -0.39 is 69.5 Å². The summed E-state index contributed by atoms with van der Waals surface area (Å²) in [5, 5.41) is 5.07. The molecule has 1 atom stereocenters. The second kappa shape index (κ2) is 12.5. The number of nitrogens with zero attached hydrogens (tertiary/aromatic N) is 2. The predicted octanol–water partition coefficient (Wildman–Crippen LogP) is 3.48. The molecule has 1 saturated carbocycles.